The number of nitrogens with zero attached hydrogens (tertiary/aromatic N) is 3. The molecule has 1 aromatic heterocycles. The smallest absolute Gasteiger partial charge is 0.142 e. The lowest BCUT2D eigenvalue weighted by Crippen LogP contribution is -2.02. The van der Waals surface area contributed by atoms with E-state index in [4.69, 9.17) is 4.74 Å². The Hall–Kier alpha value is -2.04. The molecule has 0 unspecified atom stereocenters. The predicted molar refractivity (Wildman–Crippen MR) is 65.9 cm³/mol. The minimum absolute atomic E-state index is 0.637. The lowest BCUT2D eigenvalue weighted by molar-refractivity contribution is 0.341. The van der Waals surface area contributed by atoms with E-state index in [0.717, 1.165) is 17.1 Å². The summed E-state index contributed by atoms with van der Waals surface area (Å²) in [6, 6.07) is 7.86. The molecular formula is C12H16N4O. The molecule has 0 saturated carbocycles. The predicted octanol–water partition coefficient (Wildman–Crippen LogP) is 1.83. The molecule has 0 fully saturated rings. The maximum atomic E-state index is 5.53. The van der Waals surface area contributed by atoms with Crippen LogP contribution in [0.1, 0.15) is 12.6 Å². The summed E-state index contributed by atoms with van der Waals surface area (Å²) in [5, 5.41) is 11.2. The molecular weight excluding hydrogens is 216 g/mol. The van der Waals surface area contributed by atoms with Crippen molar-refractivity contribution in [1.82, 2.24) is 15.0 Å². The molecule has 0 atom stereocenters. The van der Waals surface area contributed by atoms with E-state index >= 15 is 0 Å². The molecule has 90 valence electrons. The molecule has 1 aromatic carbocycles. The summed E-state index contributed by atoms with van der Waals surface area (Å²) in [5.74, 6) is 0.860. The highest BCUT2D eigenvalue weighted by Gasteiger charge is 2.03. The van der Waals surface area contributed by atoms with Gasteiger partial charge in [0.15, 0.2) is 0 Å². The van der Waals surface area contributed by atoms with Gasteiger partial charge < -0.3 is 10.1 Å². The SMILES string of the molecule is CCOc1ccccc1NCc1cn(C)nn1. The lowest BCUT2D eigenvalue weighted by Gasteiger charge is -2.10. The molecule has 1 N–H and O–H groups in total. The zero-order valence-corrected chi connectivity index (χ0v) is 10.1. The topological polar surface area (TPSA) is 52.0 Å². The Balaban J connectivity index is 2.03. The number of para-hydroxylation sites is 2. The van der Waals surface area contributed by atoms with Crippen LogP contribution in [0.15, 0.2) is 30.5 Å². The zero-order valence-electron chi connectivity index (χ0n) is 10.1. The number of anilines is 1. The van der Waals surface area contributed by atoms with Crippen LogP contribution in [0.25, 0.3) is 0 Å². The Morgan fingerprint density at radius 2 is 2.18 bits per heavy atom. The summed E-state index contributed by atoms with van der Waals surface area (Å²) in [6.45, 7) is 3.27. The van der Waals surface area contributed by atoms with Crippen LogP contribution >= 0.6 is 0 Å². The van der Waals surface area contributed by atoms with Crippen LogP contribution in [0.4, 0.5) is 5.69 Å². The Labute approximate surface area is 100 Å². The third-order valence-electron chi connectivity index (χ3n) is 2.30. The first-order valence-electron chi connectivity index (χ1n) is 5.60. The molecule has 1 heterocycles. The van der Waals surface area contributed by atoms with Crippen molar-refractivity contribution in [3.8, 4) is 5.75 Å². The van der Waals surface area contributed by atoms with E-state index in [1.807, 2.05) is 44.4 Å². The average Bonchev–Trinajstić information content (AvgIpc) is 2.74. The Bertz CT molecular complexity index is 481. The fraction of sp³-hybridized carbons (Fsp3) is 0.333. The van der Waals surface area contributed by atoms with Gasteiger partial charge in [-0.05, 0) is 19.1 Å². The molecule has 0 amide bonds. The van der Waals surface area contributed by atoms with Gasteiger partial charge in [0.1, 0.15) is 11.4 Å². The van der Waals surface area contributed by atoms with Gasteiger partial charge in [-0.1, -0.05) is 17.3 Å². The highest BCUT2D eigenvalue weighted by atomic mass is 16.5. The summed E-state index contributed by atoms with van der Waals surface area (Å²) in [5.41, 5.74) is 1.87. The van der Waals surface area contributed by atoms with Crippen molar-refractivity contribution in [2.75, 3.05) is 11.9 Å². The molecule has 0 aliphatic heterocycles. The largest absolute Gasteiger partial charge is 0.492 e. The maximum absolute atomic E-state index is 5.53. The fourth-order valence-electron chi connectivity index (χ4n) is 1.56. The van der Waals surface area contributed by atoms with Crippen LogP contribution in [0.3, 0.4) is 0 Å². The molecule has 5 heteroatoms. The number of nitrogens with one attached hydrogen (secondary N) is 1. The molecule has 0 saturated heterocycles. The summed E-state index contributed by atoms with van der Waals surface area (Å²) < 4.78 is 7.21. The van der Waals surface area contributed by atoms with E-state index in [2.05, 4.69) is 15.6 Å². The van der Waals surface area contributed by atoms with Gasteiger partial charge in [-0.2, -0.15) is 0 Å². The van der Waals surface area contributed by atoms with E-state index < -0.39 is 0 Å². The summed E-state index contributed by atoms with van der Waals surface area (Å²) in [4.78, 5) is 0. The third-order valence-corrected chi connectivity index (χ3v) is 2.30. The molecule has 0 bridgehead atoms. The minimum Gasteiger partial charge on any atom is -0.492 e. The summed E-state index contributed by atoms with van der Waals surface area (Å²) >= 11 is 0. The van der Waals surface area contributed by atoms with E-state index in [-0.39, 0.29) is 0 Å². The maximum Gasteiger partial charge on any atom is 0.142 e. The molecule has 0 radical (unpaired) electrons. The van der Waals surface area contributed by atoms with E-state index in [9.17, 15) is 0 Å². The van der Waals surface area contributed by atoms with Gasteiger partial charge in [0.25, 0.3) is 0 Å². The number of ether oxygens (including phenoxy) is 1. The second-order valence-corrected chi connectivity index (χ2v) is 3.67. The van der Waals surface area contributed by atoms with Crippen LogP contribution in [-0.2, 0) is 13.6 Å². The van der Waals surface area contributed by atoms with Gasteiger partial charge >= 0.3 is 0 Å². The van der Waals surface area contributed by atoms with Crippen LogP contribution in [-0.4, -0.2) is 21.6 Å². The van der Waals surface area contributed by atoms with E-state index in [1.54, 1.807) is 4.68 Å². The van der Waals surface area contributed by atoms with Crippen LogP contribution < -0.4 is 10.1 Å². The molecule has 0 spiro atoms. The number of benzene rings is 1. The summed E-state index contributed by atoms with van der Waals surface area (Å²) in [6.07, 6.45) is 1.89. The minimum atomic E-state index is 0.637. The van der Waals surface area contributed by atoms with Crippen LogP contribution in [0.5, 0.6) is 5.75 Å². The van der Waals surface area contributed by atoms with E-state index in [0.29, 0.717) is 13.2 Å². The molecule has 17 heavy (non-hydrogen) atoms. The molecule has 0 aliphatic rings. The van der Waals surface area contributed by atoms with E-state index in [1.165, 1.54) is 0 Å². The van der Waals surface area contributed by atoms with Crippen molar-refractivity contribution in [1.29, 1.82) is 0 Å². The van der Waals surface area contributed by atoms with Gasteiger partial charge in [-0.3, -0.25) is 4.68 Å². The number of aromatic nitrogens is 3. The molecule has 5 nitrogen and oxygen atoms in total. The molecule has 0 aliphatic carbocycles. The van der Waals surface area contributed by atoms with Crippen molar-refractivity contribution < 1.29 is 4.74 Å². The second kappa shape index (κ2) is 5.34. The molecule has 2 rings (SSSR count). The van der Waals surface area contributed by atoms with Gasteiger partial charge in [-0.25, -0.2) is 0 Å². The van der Waals surface area contributed by atoms with Crippen molar-refractivity contribution >= 4 is 5.69 Å². The first-order chi connectivity index (χ1) is 8.29. The normalized spacial score (nSPS) is 10.2. The third kappa shape index (κ3) is 2.96. The molecule has 2 aromatic rings. The monoisotopic (exact) mass is 232 g/mol. The van der Waals surface area contributed by atoms with Gasteiger partial charge in [0, 0.05) is 13.2 Å². The highest BCUT2D eigenvalue weighted by Crippen LogP contribution is 2.23. The quantitative estimate of drug-likeness (QED) is 0.854. The number of hydrogen-bond donors (Lipinski definition) is 1. The van der Waals surface area contributed by atoms with Crippen molar-refractivity contribution in [2.24, 2.45) is 7.05 Å². The first-order valence-corrected chi connectivity index (χ1v) is 5.60. The fourth-order valence-corrected chi connectivity index (χ4v) is 1.56. The Kier molecular flexibility index (Phi) is 3.59. The van der Waals surface area contributed by atoms with Gasteiger partial charge in [0.2, 0.25) is 0 Å². The van der Waals surface area contributed by atoms with Crippen molar-refractivity contribution in [3.63, 3.8) is 0 Å². The second-order valence-electron chi connectivity index (χ2n) is 3.67. The van der Waals surface area contributed by atoms with Crippen LogP contribution in [0.2, 0.25) is 0 Å². The number of rotatable bonds is 5. The van der Waals surface area contributed by atoms with Crippen molar-refractivity contribution in [2.45, 2.75) is 13.5 Å². The van der Waals surface area contributed by atoms with Gasteiger partial charge in [-0.15, -0.1) is 5.10 Å². The standard InChI is InChI=1S/C12H16N4O/c1-3-17-12-7-5-4-6-11(12)13-8-10-9-16(2)15-14-10/h4-7,9,13H,3,8H2,1-2H3. The Morgan fingerprint density at radius 1 is 1.35 bits per heavy atom. The average molecular weight is 232 g/mol. The van der Waals surface area contributed by atoms with Crippen LogP contribution in [0, 0.1) is 0 Å². The van der Waals surface area contributed by atoms with Crippen molar-refractivity contribution in [3.05, 3.63) is 36.2 Å². The number of aryl methyl sites for hydroxylation is 1. The highest BCUT2D eigenvalue weighted by molar-refractivity contribution is 5.56. The number of hydrogen-bond acceptors (Lipinski definition) is 4. The van der Waals surface area contributed by atoms with Gasteiger partial charge in [0.05, 0.1) is 18.8 Å². The zero-order chi connectivity index (χ0) is 12.1. The lowest BCUT2D eigenvalue weighted by atomic mass is 10.3. The first kappa shape index (κ1) is 11.4. The Morgan fingerprint density at radius 3 is 2.88 bits per heavy atom. The summed E-state index contributed by atoms with van der Waals surface area (Å²) in [7, 11) is 1.85.